The second-order valence-corrected chi connectivity index (χ2v) is 4.73. The summed E-state index contributed by atoms with van der Waals surface area (Å²) in [5.41, 5.74) is 1.11. The maximum atomic E-state index is 13.5. The predicted octanol–water partition coefficient (Wildman–Crippen LogP) is 3.35. The highest BCUT2D eigenvalue weighted by atomic mass is 79.9. The fourth-order valence-corrected chi connectivity index (χ4v) is 2.19. The van der Waals surface area contributed by atoms with Crippen molar-refractivity contribution >= 4 is 33.2 Å². The number of benzene rings is 1. The Bertz CT molecular complexity index is 743. The van der Waals surface area contributed by atoms with Gasteiger partial charge in [-0.25, -0.2) is 4.39 Å². The van der Waals surface area contributed by atoms with Crippen LogP contribution < -0.4 is 0 Å². The molecule has 90 valence electrons. The van der Waals surface area contributed by atoms with Gasteiger partial charge in [0, 0.05) is 5.56 Å². The van der Waals surface area contributed by atoms with Crippen LogP contribution in [0.2, 0.25) is 5.15 Å². The summed E-state index contributed by atoms with van der Waals surface area (Å²) in [7, 11) is 0. The molecule has 0 amide bonds. The zero-order valence-corrected chi connectivity index (χ0v) is 11.2. The second kappa shape index (κ2) is 4.29. The molecule has 0 fully saturated rings. The number of hydrogen-bond acceptors (Lipinski definition) is 3. The van der Waals surface area contributed by atoms with Gasteiger partial charge in [0.25, 0.3) is 0 Å². The Kier molecular flexibility index (Phi) is 2.76. The smallest absolute Gasteiger partial charge is 0.186 e. The molecule has 0 aliphatic rings. The molecular weight excluding hydrogens is 323 g/mol. The van der Waals surface area contributed by atoms with Crippen molar-refractivity contribution in [2.24, 2.45) is 0 Å². The monoisotopic (exact) mass is 326 g/mol. The fraction of sp³-hybridized carbons (Fsp3) is 0. The Balaban J connectivity index is 2.32. The van der Waals surface area contributed by atoms with Crippen LogP contribution in [-0.4, -0.2) is 19.8 Å². The Morgan fingerprint density at radius 2 is 2.00 bits per heavy atom. The van der Waals surface area contributed by atoms with Gasteiger partial charge in [-0.15, -0.1) is 10.2 Å². The van der Waals surface area contributed by atoms with E-state index in [4.69, 9.17) is 11.6 Å². The van der Waals surface area contributed by atoms with Gasteiger partial charge in [-0.05, 0) is 40.2 Å². The van der Waals surface area contributed by atoms with Crippen molar-refractivity contribution in [3.63, 3.8) is 0 Å². The molecule has 0 spiro atoms. The van der Waals surface area contributed by atoms with Gasteiger partial charge in [-0.1, -0.05) is 17.7 Å². The molecule has 18 heavy (non-hydrogen) atoms. The van der Waals surface area contributed by atoms with Crippen LogP contribution in [0.15, 0.2) is 34.8 Å². The van der Waals surface area contributed by atoms with Gasteiger partial charge < -0.3 is 0 Å². The van der Waals surface area contributed by atoms with Gasteiger partial charge in [-0.3, -0.25) is 0 Å². The van der Waals surface area contributed by atoms with Crippen molar-refractivity contribution in [3.8, 4) is 11.4 Å². The van der Waals surface area contributed by atoms with Crippen LogP contribution in [0.1, 0.15) is 0 Å². The SMILES string of the molecule is Fc1cccc(-c2nnc3ccc(Cl)nn23)c1Br. The molecule has 7 heteroatoms. The van der Waals surface area contributed by atoms with Crippen LogP contribution in [-0.2, 0) is 0 Å². The molecule has 0 saturated carbocycles. The fourth-order valence-electron chi connectivity index (χ4n) is 1.61. The third-order valence-electron chi connectivity index (χ3n) is 2.42. The van der Waals surface area contributed by atoms with E-state index >= 15 is 0 Å². The molecule has 2 aromatic heterocycles. The average molecular weight is 328 g/mol. The molecule has 4 nitrogen and oxygen atoms in total. The lowest BCUT2D eigenvalue weighted by Gasteiger charge is -2.03. The van der Waals surface area contributed by atoms with Gasteiger partial charge in [0.2, 0.25) is 0 Å². The molecular formula is C11H5BrClFN4. The molecule has 0 radical (unpaired) electrons. The third kappa shape index (κ3) is 1.77. The Morgan fingerprint density at radius 1 is 1.17 bits per heavy atom. The van der Waals surface area contributed by atoms with Crippen molar-refractivity contribution < 1.29 is 4.39 Å². The van der Waals surface area contributed by atoms with Crippen LogP contribution in [0.5, 0.6) is 0 Å². The van der Waals surface area contributed by atoms with Crippen LogP contribution in [0.3, 0.4) is 0 Å². The highest BCUT2D eigenvalue weighted by Crippen LogP contribution is 2.29. The summed E-state index contributed by atoms with van der Waals surface area (Å²) < 4.78 is 15.3. The maximum absolute atomic E-state index is 13.5. The molecule has 3 rings (SSSR count). The third-order valence-corrected chi connectivity index (χ3v) is 3.43. The molecule has 0 atom stereocenters. The van der Waals surface area contributed by atoms with E-state index in [2.05, 4.69) is 31.2 Å². The van der Waals surface area contributed by atoms with Gasteiger partial charge in [0.1, 0.15) is 11.0 Å². The summed E-state index contributed by atoms with van der Waals surface area (Å²) in [4.78, 5) is 0. The van der Waals surface area contributed by atoms with E-state index in [1.807, 2.05) is 0 Å². The number of nitrogens with zero attached hydrogens (tertiary/aromatic N) is 4. The summed E-state index contributed by atoms with van der Waals surface area (Å²) in [5, 5.41) is 12.4. The number of fused-ring (bicyclic) bond motifs is 1. The van der Waals surface area contributed by atoms with E-state index in [1.165, 1.54) is 10.6 Å². The molecule has 0 saturated heterocycles. The first-order valence-electron chi connectivity index (χ1n) is 4.99. The highest BCUT2D eigenvalue weighted by Gasteiger charge is 2.14. The Morgan fingerprint density at radius 3 is 2.83 bits per heavy atom. The van der Waals surface area contributed by atoms with Crippen molar-refractivity contribution in [1.29, 1.82) is 0 Å². The lowest BCUT2D eigenvalue weighted by Crippen LogP contribution is -1.96. The zero-order chi connectivity index (χ0) is 12.7. The van der Waals surface area contributed by atoms with Crippen molar-refractivity contribution in [2.45, 2.75) is 0 Å². The van der Waals surface area contributed by atoms with Crippen LogP contribution >= 0.6 is 27.5 Å². The number of halogens is 3. The largest absolute Gasteiger partial charge is 0.206 e. The normalized spacial score (nSPS) is 11.1. The summed E-state index contributed by atoms with van der Waals surface area (Å²) in [6, 6.07) is 8.00. The lowest BCUT2D eigenvalue weighted by atomic mass is 10.2. The standard InChI is InChI=1S/C11H5BrClFN4/c12-10-6(2-1-3-7(10)14)11-16-15-9-5-4-8(13)17-18(9)11/h1-5H. The number of aromatic nitrogens is 4. The van der Waals surface area contributed by atoms with E-state index < -0.39 is 0 Å². The van der Waals surface area contributed by atoms with Crippen molar-refractivity contribution in [2.75, 3.05) is 0 Å². The van der Waals surface area contributed by atoms with Crippen molar-refractivity contribution in [1.82, 2.24) is 19.8 Å². The summed E-state index contributed by atoms with van der Waals surface area (Å²) in [5.74, 6) is 0.0603. The van der Waals surface area contributed by atoms with E-state index in [-0.39, 0.29) is 5.82 Å². The molecule has 3 aromatic rings. The second-order valence-electron chi connectivity index (χ2n) is 3.55. The molecule has 0 unspecified atom stereocenters. The topological polar surface area (TPSA) is 43.1 Å². The van der Waals surface area contributed by atoms with Gasteiger partial charge in [0.15, 0.2) is 11.5 Å². The first-order chi connectivity index (χ1) is 8.66. The minimum absolute atomic E-state index is 0.316. The average Bonchev–Trinajstić information content (AvgIpc) is 2.75. The predicted molar refractivity (Wildman–Crippen MR) is 68.9 cm³/mol. The number of rotatable bonds is 1. The highest BCUT2D eigenvalue weighted by molar-refractivity contribution is 9.10. The zero-order valence-electron chi connectivity index (χ0n) is 8.81. The van der Waals surface area contributed by atoms with Gasteiger partial charge >= 0.3 is 0 Å². The molecule has 0 bridgehead atoms. The quantitative estimate of drug-likeness (QED) is 0.688. The molecule has 0 aliphatic carbocycles. The summed E-state index contributed by atoms with van der Waals surface area (Å²) >= 11 is 9.02. The molecule has 0 N–H and O–H groups in total. The van der Waals surface area contributed by atoms with E-state index in [0.717, 1.165) is 0 Å². The molecule has 0 aliphatic heterocycles. The maximum Gasteiger partial charge on any atom is 0.186 e. The summed E-state index contributed by atoms with van der Waals surface area (Å²) in [6.45, 7) is 0. The van der Waals surface area contributed by atoms with Gasteiger partial charge in [0.05, 0.1) is 4.47 Å². The van der Waals surface area contributed by atoms with Crippen molar-refractivity contribution in [3.05, 3.63) is 45.8 Å². The summed E-state index contributed by atoms with van der Waals surface area (Å²) in [6.07, 6.45) is 0. The first-order valence-corrected chi connectivity index (χ1v) is 6.16. The molecule has 1 aromatic carbocycles. The lowest BCUT2D eigenvalue weighted by molar-refractivity contribution is 0.621. The van der Waals surface area contributed by atoms with E-state index in [0.29, 0.717) is 26.7 Å². The van der Waals surface area contributed by atoms with E-state index in [9.17, 15) is 4.39 Å². The van der Waals surface area contributed by atoms with Gasteiger partial charge in [-0.2, -0.15) is 9.61 Å². The van der Waals surface area contributed by atoms with Crippen LogP contribution in [0.4, 0.5) is 4.39 Å². The Hall–Kier alpha value is -1.53. The first kappa shape index (κ1) is 11.6. The van der Waals surface area contributed by atoms with Crippen LogP contribution in [0.25, 0.3) is 17.0 Å². The minimum Gasteiger partial charge on any atom is -0.206 e. The Labute approximate surface area is 115 Å². The van der Waals surface area contributed by atoms with E-state index in [1.54, 1.807) is 24.3 Å². The van der Waals surface area contributed by atoms with Crippen LogP contribution in [0, 0.1) is 5.82 Å². The number of hydrogen-bond donors (Lipinski definition) is 0. The molecule has 2 heterocycles. The minimum atomic E-state index is -0.369.